The molecule has 1 aliphatic heterocycles. The molecule has 3 nitrogen and oxygen atoms in total. The zero-order valence-corrected chi connectivity index (χ0v) is 10.1. The molecule has 0 spiro atoms. The normalized spacial score (nSPS) is 24.4. The van der Waals surface area contributed by atoms with E-state index in [2.05, 4.69) is 0 Å². The second-order valence-corrected chi connectivity index (χ2v) is 4.86. The van der Waals surface area contributed by atoms with Gasteiger partial charge in [0, 0.05) is 19.6 Å². The van der Waals surface area contributed by atoms with Crippen LogP contribution in [0.15, 0.2) is 18.2 Å². The lowest BCUT2D eigenvalue weighted by Crippen LogP contribution is -2.23. The Balaban J connectivity index is 2.03. The van der Waals surface area contributed by atoms with Gasteiger partial charge >= 0.3 is 5.97 Å². The van der Waals surface area contributed by atoms with Gasteiger partial charge in [0.1, 0.15) is 0 Å². The predicted molar refractivity (Wildman–Crippen MR) is 61.9 cm³/mol. The summed E-state index contributed by atoms with van der Waals surface area (Å²) in [5, 5.41) is 9.01. The van der Waals surface area contributed by atoms with E-state index < -0.39 is 17.6 Å². The van der Waals surface area contributed by atoms with Gasteiger partial charge in [-0.3, -0.25) is 9.69 Å². The number of carboxylic acids is 1. The van der Waals surface area contributed by atoms with Crippen LogP contribution < -0.4 is 0 Å². The Morgan fingerprint density at radius 1 is 1.39 bits per heavy atom. The minimum Gasteiger partial charge on any atom is -0.481 e. The molecular weight excluding hydrogens is 240 g/mol. The fourth-order valence-electron chi connectivity index (χ4n) is 2.41. The Hall–Kier alpha value is -1.49. The molecule has 2 atom stereocenters. The quantitative estimate of drug-likeness (QED) is 0.899. The number of carboxylic acid groups (broad SMARTS) is 1. The molecule has 0 radical (unpaired) electrons. The summed E-state index contributed by atoms with van der Waals surface area (Å²) >= 11 is 0. The monoisotopic (exact) mass is 255 g/mol. The van der Waals surface area contributed by atoms with Crippen LogP contribution in [0.2, 0.25) is 0 Å². The molecule has 2 rings (SSSR count). The predicted octanol–water partition coefficient (Wildman–Crippen LogP) is 2.12. The maximum Gasteiger partial charge on any atom is 0.308 e. The number of likely N-dealkylation sites (tertiary alicyclic amines) is 1. The van der Waals surface area contributed by atoms with E-state index in [4.69, 9.17) is 5.11 Å². The van der Waals surface area contributed by atoms with Gasteiger partial charge in [0.05, 0.1) is 5.92 Å². The lowest BCUT2D eigenvalue weighted by Gasteiger charge is -2.15. The third-order valence-electron chi connectivity index (χ3n) is 3.40. The van der Waals surface area contributed by atoms with Crippen LogP contribution in [0.3, 0.4) is 0 Å². The highest BCUT2D eigenvalue weighted by atomic mass is 19.2. The highest BCUT2D eigenvalue weighted by molar-refractivity contribution is 5.71. The average molecular weight is 255 g/mol. The summed E-state index contributed by atoms with van der Waals surface area (Å²) < 4.78 is 25.8. The molecule has 0 aliphatic carbocycles. The Morgan fingerprint density at radius 3 is 2.67 bits per heavy atom. The fraction of sp³-hybridized carbons (Fsp3) is 0.462. The van der Waals surface area contributed by atoms with Crippen LogP contribution in [0.5, 0.6) is 0 Å². The number of halogens is 2. The lowest BCUT2D eigenvalue weighted by atomic mass is 9.99. The molecule has 5 heteroatoms. The van der Waals surface area contributed by atoms with Gasteiger partial charge in [0.15, 0.2) is 11.6 Å². The maximum absolute atomic E-state index is 13.0. The molecule has 1 fully saturated rings. The van der Waals surface area contributed by atoms with Gasteiger partial charge in [-0.2, -0.15) is 0 Å². The number of nitrogens with zero attached hydrogens (tertiary/aromatic N) is 1. The Morgan fingerprint density at radius 2 is 2.11 bits per heavy atom. The summed E-state index contributed by atoms with van der Waals surface area (Å²) in [5.74, 6) is -2.83. The van der Waals surface area contributed by atoms with E-state index in [1.807, 2.05) is 11.8 Å². The second kappa shape index (κ2) is 5.02. The first-order valence-corrected chi connectivity index (χ1v) is 5.86. The first-order chi connectivity index (χ1) is 8.47. The largest absolute Gasteiger partial charge is 0.481 e. The van der Waals surface area contributed by atoms with E-state index in [1.54, 1.807) is 0 Å². The van der Waals surface area contributed by atoms with Crippen LogP contribution in [0.1, 0.15) is 12.5 Å². The van der Waals surface area contributed by atoms with Crippen LogP contribution in [0.4, 0.5) is 8.78 Å². The van der Waals surface area contributed by atoms with Crippen LogP contribution in [0, 0.1) is 23.5 Å². The number of aliphatic carboxylic acids is 1. The van der Waals surface area contributed by atoms with E-state index in [9.17, 15) is 13.6 Å². The summed E-state index contributed by atoms with van der Waals surface area (Å²) in [6, 6.07) is 3.78. The van der Waals surface area contributed by atoms with Crippen molar-refractivity contribution in [3.63, 3.8) is 0 Å². The summed E-state index contributed by atoms with van der Waals surface area (Å²) in [6.45, 7) is 3.46. The van der Waals surface area contributed by atoms with Crippen molar-refractivity contribution in [3.8, 4) is 0 Å². The lowest BCUT2D eigenvalue weighted by molar-refractivity contribution is -0.142. The molecular formula is C13H15F2NO2. The summed E-state index contributed by atoms with van der Waals surface area (Å²) in [7, 11) is 0. The molecule has 1 heterocycles. The zero-order chi connectivity index (χ0) is 13.3. The SMILES string of the molecule is CC1CN(Cc2ccc(F)c(F)c2)CC1C(=O)O. The minimum absolute atomic E-state index is 0.0767. The number of benzene rings is 1. The molecule has 0 aromatic heterocycles. The van der Waals surface area contributed by atoms with Gasteiger partial charge in [-0.05, 0) is 23.6 Å². The summed E-state index contributed by atoms with van der Waals surface area (Å²) in [5.41, 5.74) is 0.659. The molecule has 1 N–H and O–H groups in total. The third-order valence-corrected chi connectivity index (χ3v) is 3.40. The van der Waals surface area contributed by atoms with Crippen molar-refractivity contribution in [3.05, 3.63) is 35.4 Å². The molecule has 18 heavy (non-hydrogen) atoms. The van der Waals surface area contributed by atoms with Crippen LogP contribution in [0.25, 0.3) is 0 Å². The Labute approximate surface area is 104 Å². The van der Waals surface area contributed by atoms with Crippen molar-refractivity contribution in [1.82, 2.24) is 4.90 Å². The van der Waals surface area contributed by atoms with Gasteiger partial charge in [-0.25, -0.2) is 8.78 Å². The number of hydrogen-bond acceptors (Lipinski definition) is 2. The van der Waals surface area contributed by atoms with Crippen molar-refractivity contribution in [2.24, 2.45) is 11.8 Å². The minimum atomic E-state index is -0.866. The molecule has 1 aromatic carbocycles. The summed E-state index contributed by atoms with van der Waals surface area (Å²) in [6.07, 6.45) is 0. The molecule has 1 aliphatic rings. The maximum atomic E-state index is 13.0. The van der Waals surface area contributed by atoms with Crippen molar-refractivity contribution >= 4 is 5.97 Å². The summed E-state index contributed by atoms with van der Waals surface area (Å²) in [4.78, 5) is 12.9. The first-order valence-electron chi connectivity index (χ1n) is 5.86. The second-order valence-electron chi connectivity index (χ2n) is 4.86. The van der Waals surface area contributed by atoms with Gasteiger partial charge in [-0.15, -0.1) is 0 Å². The molecule has 1 saturated heterocycles. The van der Waals surface area contributed by atoms with E-state index in [0.29, 0.717) is 25.2 Å². The van der Waals surface area contributed by atoms with Gasteiger partial charge in [0.25, 0.3) is 0 Å². The van der Waals surface area contributed by atoms with Crippen LogP contribution in [-0.4, -0.2) is 29.1 Å². The molecule has 0 amide bonds. The van der Waals surface area contributed by atoms with Crippen LogP contribution >= 0.6 is 0 Å². The van der Waals surface area contributed by atoms with E-state index in [0.717, 1.165) is 12.1 Å². The van der Waals surface area contributed by atoms with Crippen molar-refractivity contribution in [2.75, 3.05) is 13.1 Å². The molecule has 0 bridgehead atoms. The Bertz CT molecular complexity index is 464. The molecule has 98 valence electrons. The zero-order valence-electron chi connectivity index (χ0n) is 10.1. The van der Waals surface area contributed by atoms with E-state index in [1.165, 1.54) is 6.07 Å². The fourth-order valence-corrected chi connectivity index (χ4v) is 2.41. The first kappa shape index (κ1) is 13.0. The highest BCUT2D eigenvalue weighted by Crippen LogP contribution is 2.24. The van der Waals surface area contributed by atoms with Crippen molar-refractivity contribution < 1.29 is 18.7 Å². The molecule has 1 aromatic rings. The van der Waals surface area contributed by atoms with Gasteiger partial charge < -0.3 is 5.11 Å². The smallest absolute Gasteiger partial charge is 0.308 e. The average Bonchev–Trinajstić information content (AvgIpc) is 2.65. The molecule has 2 unspecified atom stereocenters. The van der Waals surface area contributed by atoms with Gasteiger partial charge in [-0.1, -0.05) is 13.0 Å². The highest BCUT2D eigenvalue weighted by Gasteiger charge is 2.34. The van der Waals surface area contributed by atoms with E-state index >= 15 is 0 Å². The topological polar surface area (TPSA) is 40.5 Å². The van der Waals surface area contributed by atoms with E-state index in [-0.39, 0.29) is 11.8 Å². The number of hydrogen-bond donors (Lipinski definition) is 1. The Kier molecular flexibility index (Phi) is 3.61. The van der Waals surface area contributed by atoms with Crippen molar-refractivity contribution in [1.29, 1.82) is 0 Å². The molecule has 0 saturated carbocycles. The third kappa shape index (κ3) is 2.67. The standard InChI is InChI=1S/C13H15F2NO2/c1-8-5-16(7-10(8)13(17)18)6-9-2-3-11(14)12(15)4-9/h2-4,8,10H,5-7H2,1H3,(H,17,18). The van der Waals surface area contributed by atoms with Crippen LogP contribution in [-0.2, 0) is 11.3 Å². The number of carbonyl (C=O) groups is 1. The van der Waals surface area contributed by atoms with Gasteiger partial charge in [0.2, 0.25) is 0 Å². The number of rotatable bonds is 3. The van der Waals surface area contributed by atoms with Crippen molar-refractivity contribution in [2.45, 2.75) is 13.5 Å².